The molecule has 5 nitrogen and oxygen atoms in total. The first kappa shape index (κ1) is 14.2. The number of benzene rings is 1. The van der Waals surface area contributed by atoms with Gasteiger partial charge >= 0.3 is 0 Å². The summed E-state index contributed by atoms with van der Waals surface area (Å²) in [6.45, 7) is 0.353. The highest BCUT2D eigenvalue weighted by molar-refractivity contribution is 7.91. The maximum Gasteiger partial charge on any atom is 0.199 e. The maximum absolute atomic E-state index is 13.1. The van der Waals surface area contributed by atoms with Crippen LogP contribution in [0.25, 0.3) is 11.0 Å². The number of carbonyl (C=O) groups excluding carboxylic acids is 1. The highest BCUT2D eigenvalue weighted by atomic mass is 32.2. The average Bonchev–Trinajstić information content (AvgIpc) is 2.80. The van der Waals surface area contributed by atoms with Crippen LogP contribution < -0.4 is 5.32 Å². The van der Waals surface area contributed by atoms with Crippen molar-refractivity contribution in [1.82, 2.24) is 5.32 Å². The zero-order chi connectivity index (χ0) is 15.0. The Labute approximate surface area is 121 Å². The molecule has 0 amide bonds. The van der Waals surface area contributed by atoms with Gasteiger partial charge in [0, 0.05) is 24.4 Å². The van der Waals surface area contributed by atoms with E-state index in [0.717, 1.165) is 0 Å². The van der Waals surface area contributed by atoms with Crippen LogP contribution in [-0.2, 0) is 9.84 Å². The summed E-state index contributed by atoms with van der Waals surface area (Å²) in [5.74, 6) is -0.515. The third-order valence-electron chi connectivity index (χ3n) is 3.49. The first-order valence-electron chi connectivity index (χ1n) is 6.59. The van der Waals surface area contributed by atoms with Crippen LogP contribution in [0.2, 0.25) is 0 Å². The number of carbonyl (C=O) groups is 1. The summed E-state index contributed by atoms with van der Waals surface area (Å²) in [4.78, 5) is 12.2. The van der Waals surface area contributed by atoms with Gasteiger partial charge in [0.05, 0.1) is 11.5 Å². The Kier molecular flexibility index (Phi) is 3.54. The number of fused-ring (bicyclic) bond motifs is 1. The van der Waals surface area contributed by atoms with Gasteiger partial charge in [0.25, 0.3) is 0 Å². The zero-order valence-corrected chi connectivity index (χ0v) is 12.0. The fourth-order valence-electron chi connectivity index (χ4n) is 2.47. The summed E-state index contributed by atoms with van der Waals surface area (Å²) in [5, 5.41) is 3.53. The Morgan fingerprint density at radius 1 is 1.38 bits per heavy atom. The molecule has 0 aliphatic carbocycles. The van der Waals surface area contributed by atoms with Crippen LogP contribution in [0, 0.1) is 5.82 Å². The first-order valence-corrected chi connectivity index (χ1v) is 8.41. The predicted molar refractivity (Wildman–Crippen MR) is 75.6 cm³/mol. The monoisotopic (exact) mass is 311 g/mol. The number of ketones is 1. The van der Waals surface area contributed by atoms with Gasteiger partial charge in [-0.1, -0.05) is 0 Å². The van der Waals surface area contributed by atoms with Crippen molar-refractivity contribution in [2.75, 3.05) is 18.1 Å². The molecule has 1 saturated heterocycles. The van der Waals surface area contributed by atoms with Crippen LogP contribution in [0.15, 0.2) is 28.7 Å². The van der Waals surface area contributed by atoms with Gasteiger partial charge in [0.1, 0.15) is 11.4 Å². The molecular formula is C14H14FNO4S. The number of hydrogen-bond donors (Lipinski definition) is 1. The van der Waals surface area contributed by atoms with Gasteiger partial charge in [-0.2, -0.15) is 0 Å². The smallest absolute Gasteiger partial charge is 0.199 e. The van der Waals surface area contributed by atoms with Crippen molar-refractivity contribution < 1.29 is 22.0 Å². The molecule has 1 N–H and O–H groups in total. The Hall–Kier alpha value is -1.73. The highest BCUT2D eigenvalue weighted by Crippen LogP contribution is 2.22. The van der Waals surface area contributed by atoms with Crippen molar-refractivity contribution in [3.63, 3.8) is 0 Å². The van der Waals surface area contributed by atoms with Crippen molar-refractivity contribution in [2.24, 2.45) is 0 Å². The standard InChI is InChI=1S/C14H14FNO4S/c15-10-1-2-13-9(5-10)6-14(20-13)12(17)7-11-8-21(18,19)4-3-16-11/h1-2,5-6,11,16H,3-4,7-8H2. The molecule has 0 saturated carbocycles. The van der Waals surface area contributed by atoms with E-state index in [9.17, 15) is 17.6 Å². The molecule has 1 unspecified atom stereocenters. The van der Waals surface area contributed by atoms with Crippen molar-refractivity contribution in [1.29, 1.82) is 0 Å². The second-order valence-electron chi connectivity index (χ2n) is 5.19. The summed E-state index contributed by atoms with van der Waals surface area (Å²) in [5.41, 5.74) is 0.434. The molecule has 3 rings (SSSR count). The van der Waals surface area contributed by atoms with E-state index in [1.54, 1.807) is 0 Å². The Balaban J connectivity index is 1.77. The number of furan rings is 1. The molecule has 2 heterocycles. The lowest BCUT2D eigenvalue weighted by Crippen LogP contribution is -2.45. The number of Topliss-reactive ketones (excluding diaryl/α,β-unsaturated/α-hetero) is 1. The second-order valence-corrected chi connectivity index (χ2v) is 7.41. The van der Waals surface area contributed by atoms with Crippen molar-refractivity contribution in [2.45, 2.75) is 12.5 Å². The molecule has 1 aliphatic rings. The lowest BCUT2D eigenvalue weighted by atomic mass is 10.1. The molecule has 1 aromatic carbocycles. The van der Waals surface area contributed by atoms with Crippen LogP contribution in [0.4, 0.5) is 4.39 Å². The van der Waals surface area contributed by atoms with E-state index in [1.165, 1.54) is 24.3 Å². The SMILES string of the molecule is O=C(CC1CS(=O)(=O)CCN1)c1cc2cc(F)ccc2o1. The lowest BCUT2D eigenvalue weighted by molar-refractivity contribution is 0.0947. The molecule has 21 heavy (non-hydrogen) atoms. The molecule has 1 aromatic heterocycles. The van der Waals surface area contributed by atoms with Gasteiger partial charge in [-0.25, -0.2) is 12.8 Å². The molecule has 1 atom stereocenters. The van der Waals surface area contributed by atoms with E-state index in [4.69, 9.17) is 4.42 Å². The molecule has 7 heteroatoms. The Morgan fingerprint density at radius 2 is 2.19 bits per heavy atom. The molecule has 0 radical (unpaired) electrons. The molecule has 1 fully saturated rings. The summed E-state index contributed by atoms with van der Waals surface area (Å²) in [7, 11) is -3.08. The van der Waals surface area contributed by atoms with Gasteiger partial charge in [-0.3, -0.25) is 4.79 Å². The minimum atomic E-state index is -3.08. The molecule has 112 valence electrons. The van der Waals surface area contributed by atoms with Gasteiger partial charge in [0.15, 0.2) is 21.4 Å². The van der Waals surface area contributed by atoms with Crippen LogP contribution >= 0.6 is 0 Å². The van der Waals surface area contributed by atoms with E-state index in [1.807, 2.05) is 0 Å². The summed E-state index contributed by atoms with van der Waals surface area (Å²) < 4.78 is 41.6. The van der Waals surface area contributed by atoms with Crippen LogP contribution in [0.1, 0.15) is 17.0 Å². The summed E-state index contributed by atoms with van der Waals surface area (Å²) >= 11 is 0. The van der Waals surface area contributed by atoms with Crippen molar-refractivity contribution in [3.8, 4) is 0 Å². The predicted octanol–water partition coefficient (Wildman–Crippen LogP) is 1.53. The summed E-state index contributed by atoms with van der Waals surface area (Å²) in [6.07, 6.45) is 0.0432. The van der Waals surface area contributed by atoms with E-state index < -0.39 is 21.7 Å². The largest absolute Gasteiger partial charge is 0.453 e. The minimum absolute atomic E-state index is 0.0432. The van der Waals surface area contributed by atoms with E-state index >= 15 is 0 Å². The van der Waals surface area contributed by atoms with Crippen LogP contribution in [0.3, 0.4) is 0 Å². The van der Waals surface area contributed by atoms with Crippen LogP contribution in [-0.4, -0.2) is 38.3 Å². The number of rotatable bonds is 3. The highest BCUT2D eigenvalue weighted by Gasteiger charge is 2.27. The molecule has 2 aromatic rings. The van der Waals surface area contributed by atoms with Crippen LogP contribution in [0.5, 0.6) is 0 Å². The van der Waals surface area contributed by atoms with Crippen molar-refractivity contribution >= 4 is 26.6 Å². The number of halogens is 1. The maximum atomic E-state index is 13.1. The first-order chi connectivity index (χ1) is 9.93. The van der Waals surface area contributed by atoms with Gasteiger partial charge in [-0.05, 0) is 24.3 Å². The molecular weight excluding hydrogens is 297 g/mol. The summed E-state index contributed by atoms with van der Waals surface area (Å²) in [6, 6.07) is 5.10. The second kappa shape index (κ2) is 5.23. The topological polar surface area (TPSA) is 76.4 Å². The minimum Gasteiger partial charge on any atom is -0.453 e. The van der Waals surface area contributed by atoms with Crippen molar-refractivity contribution in [3.05, 3.63) is 35.8 Å². The van der Waals surface area contributed by atoms with Gasteiger partial charge < -0.3 is 9.73 Å². The normalized spacial score (nSPS) is 21.5. The molecule has 0 bridgehead atoms. The Bertz CT molecular complexity index is 796. The average molecular weight is 311 g/mol. The number of sulfone groups is 1. The fourth-order valence-corrected chi connectivity index (χ4v) is 3.92. The molecule has 1 aliphatic heterocycles. The van der Waals surface area contributed by atoms with E-state index in [2.05, 4.69) is 5.32 Å². The Morgan fingerprint density at radius 3 is 2.95 bits per heavy atom. The quantitative estimate of drug-likeness (QED) is 0.870. The van der Waals surface area contributed by atoms with E-state index in [0.29, 0.717) is 17.5 Å². The van der Waals surface area contributed by atoms with E-state index in [-0.39, 0.29) is 29.5 Å². The van der Waals surface area contributed by atoms with Gasteiger partial charge in [-0.15, -0.1) is 0 Å². The molecule has 0 spiro atoms. The lowest BCUT2D eigenvalue weighted by Gasteiger charge is -2.22. The fraction of sp³-hybridized carbons (Fsp3) is 0.357. The zero-order valence-electron chi connectivity index (χ0n) is 11.1. The third kappa shape index (κ3) is 3.14. The third-order valence-corrected chi connectivity index (χ3v) is 5.22. The number of hydrogen-bond acceptors (Lipinski definition) is 5. The van der Waals surface area contributed by atoms with Gasteiger partial charge in [0.2, 0.25) is 0 Å². The number of nitrogens with one attached hydrogen (secondary N) is 1.